The predicted octanol–water partition coefficient (Wildman–Crippen LogP) is 17.3. The average Bonchev–Trinajstić information content (AvgIpc) is 3.87. The minimum absolute atomic E-state index is 0.394. The van der Waals surface area contributed by atoms with Gasteiger partial charge in [0.05, 0.1) is 34.4 Å². The molecule has 2 aliphatic rings. The summed E-state index contributed by atoms with van der Waals surface area (Å²) in [7, 11) is 0. The second kappa shape index (κ2) is 16.3. The summed E-state index contributed by atoms with van der Waals surface area (Å²) in [5.74, 6) is 0.807. The van der Waals surface area contributed by atoms with E-state index in [0.717, 1.165) is 44.9 Å². The lowest BCUT2D eigenvalue weighted by Gasteiger charge is -2.34. The Morgan fingerprint density at radius 1 is 0.391 bits per heavy atom. The molecule has 12 rings (SSSR count). The molecule has 10 aromatic rings. The highest BCUT2D eigenvalue weighted by atomic mass is 15.1. The van der Waals surface area contributed by atoms with E-state index >= 15 is 0 Å². The molecule has 4 heteroatoms. The molecule has 0 bridgehead atoms. The predicted molar refractivity (Wildman–Crippen MR) is 285 cm³/mol. The zero-order chi connectivity index (χ0) is 47.0. The molecule has 2 aliphatic carbocycles. The minimum Gasteiger partial charge on any atom is -0.310 e. The molecular weight excluding hydrogens is 837 g/mol. The van der Waals surface area contributed by atoms with Gasteiger partial charge in [0.2, 0.25) is 0 Å². The maximum Gasteiger partial charge on any atom is 0.0991 e. The van der Waals surface area contributed by atoms with E-state index in [1.807, 2.05) is 36.4 Å². The third-order valence-electron chi connectivity index (χ3n) is 14.7. The van der Waals surface area contributed by atoms with Gasteiger partial charge >= 0.3 is 0 Å². The van der Waals surface area contributed by atoms with E-state index in [-0.39, 0.29) is 0 Å². The Balaban J connectivity index is 1.15. The van der Waals surface area contributed by atoms with Gasteiger partial charge in [-0.3, -0.25) is 0 Å². The summed E-state index contributed by atoms with van der Waals surface area (Å²) in [5.41, 5.74) is 19.4. The zero-order valence-corrected chi connectivity index (χ0v) is 39.1. The largest absolute Gasteiger partial charge is 0.310 e. The molecule has 0 atom stereocenters. The van der Waals surface area contributed by atoms with E-state index in [2.05, 4.69) is 219 Å². The molecule has 0 radical (unpaired) electrons. The SMILES string of the molecule is CC(C)c1ccc(N(c2ccc(C#N)cc2)c2ccc3c4c(ccc3c2)-c2c(cc(N(c3ccc(C#N)cc3)c3ccc(C(C)C)cc3)c3ccccc23)C42c3ccccc3-c3ccccc32)cc1. The van der Waals surface area contributed by atoms with Crippen molar-refractivity contribution in [1.29, 1.82) is 10.5 Å². The van der Waals surface area contributed by atoms with Gasteiger partial charge in [-0.15, -0.1) is 0 Å². The van der Waals surface area contributed by atoms with Crippen LogP contribution >= 0.6 is 0 Å². The molecule has 0 aromatic heterocycles. The molecule has 0 saturated heterocycles. The fourth-order valence-electron chi connectivity index (χ4n) is 11.4. The molecule has 4 nitrogen and oxygen atoms in total. The van der Waals surface area contributed by atoms with Crippen LogP contribution in [-0.2, 0) is 5.41 Å². The zero-order valence-electron chi connectivity index (χ0n) is 39.1. The van der Waals surface area contributed by atoms with Crippen molar-refractivity contribution in [3.8, 4) is 34.4 Å². The van der Waals surface area contributed by atoms with E-state index in [0.29, 0.717) is 23.0 Å². The number of fused-ring (bicyclic) bond motifs is 14. The summed E-state index contributed by atoms with van der Waals surface area (Å²) in [5, 5.41) is 24.3. The third kappa shape index (κ3) is 6.41. The number of anilines is 6. The topological polar surface area (TPSA) is 54.1 Å². The van der Waals surface area contributed by atoms with Gasteiger partial charge in [-0.2, -0.15) is 10.5 Å². The average molecular weight is 885 g/mol. The maximum absolute atomic E-state index is 9.88. The molecule has 0 aliphatic heterocycles. The van der Waals surface area contributed by atoms with Crippen molar-refractivity contribution in [3.63, 3.8) is 0 Å². The van der Waals surface area contributed by atoms with Gasteiger partial charge in [-0.05, 0) is 175 Å². The first-order valence-corrected chi connectivity index (χ1v) is 23.9. The lowest BCUT2D eigenvalue weighted by molar-refractivity contribution is 0.802. The Morgan fingerprint density at radius 2 is 0.855 bits per heavy atom. The lowest BCUT2D eigenvalue weighted by Crippen LogP contribution is -2.26. The molecule has 0 heterocycles. The van der Waals surface area contributed by atoms with Crippen LogP contribution in [0.5, 0.6) is 0 Å². The maximum atomic E-state index is 9.88. The first-order chi connectivity index (χ1) is 33.8. The smallest absolute Gasteiger partial charge is 0.0991 e. The molecule has 0 N–H and O–H groups in total. The van der Waals surface area contributed by atoms with E-state index in [1.165, 1.54) is 66.4 Å². The van der Waals surface area contributed by atoms with Crippen molar-refractivity contribution in [2.24, 2.45) is 0 Å². The van der Waals surface area contributed by atoms with Gasteiger partial charge in [0, 0.05) is 33.8 Å². The number of nitrogens with zero attached hydrogens (tertiary/aromatic N) is 4. The molecule has 10 aromatic carbocycles. The van der Waals surface area contributed by atoms with E-state index in [9.17, 15) is 10.5 Å². The highest BCUT2D eigenvalue weighted by Gasteiger charge is 2.53. The standard InChI is InChI=1S/C65H48N4/c1-41(2)45-21-30-49(31-22-45)68(48-26-17-43(39-66)18-27-48)52-34-36-53-47(37-52)25-35-58-63-57-14-6-5-13-56(57)62(69(50-28-19-44(40-67)20-29-50)51-32-23-46(24-33-51)42(3)4)38-61(63)65(64(53)58)59-15-9-7-11-54(59)55-12-8-10-16-60(55)65/h5-38,41-42H,1-4H3. The number of hydrogen-bond donors (Lipinski definition) is 0. The van der Waals surface area contributed by atoms with Crippen LogP contribution in [-0.4, -0.2) is 0 Å². The molecule has 0 unspecified atom stereocenters. The van der Waals surface area contributed by atoms with Crippen LogP contribution < -0.4 is 9.80 Å². The summed E-state index contributed by atoms with van der Waals surface area (Å²) in [6.07, 6.45) is 0. The van der Waals surface area contributed by atoms with Crippen molar-refractivity contribution in [2.45, 2.75) is 44.9 Å². The minimum atomic E-state index is -0.658. The second-order valence-electron chi connectivity index (χ2n) is 19.1. The van der Waals surface area contributed by atoms with Gasteiger partial charge in [-0.1, -0.05) is 143 Å². The molecule has 328 valence electrons. The Hall–Kier alpha value is -8.70. The number of rotatable bonds is 8. The molecular formula is C65H48N4. The summed E-state index contributed by atoms with van der Waals surface area (Å²) in [4.78, 5) is 4.68. The monoisotopic (exact) mass is 884 g/mol. The summed E-state index contributed by atoms with van der Waals surface area (Å²) in [6, 6.07) is 79.5. The van der Waals surface area contributed by atoms with Crippen LogP contribution in [0.3, 0.4) is 0 Å². The first-order valence-electron chi connectivity index (χ1n) is 23.9. The highest BCUT2D eigenvalue weighted by molar-refractivity contribution is 6.15. The van der Waals surface area contributed by atoms with Crippen molar-refractivity contribution in [1.82, 2.24) is 0 Å². The Kier molecular flexibility index (Phi) is 9.84. The molecule has 0 fully saturated rings. The van der Waals surface area contributed by atoms with Crippen LogP contribution in [0.25, 0.3) is 43.8 Å². The second-order valence-corrected chi connectivity index (χ2v) is 19.1. The quantitative estimate of drug-likeness (QED) is 0.153. The van der Waals surface area contributed by atoms with Crippen LogP contribution in [0.4, 0.5) is 34.1 Å². The van der Waals surface area contributed by atoms with Crippen molar-refractivity contribution in [2.75, 3.05) is 9.80 Å². The van der Waals surface area contributed by atoms with Crippen LogP contribution in [0.2, 0.25) is 0 Å². The van der Waals surface area contributed by atoms with E-state index < -0.39 is 5.41 Å². The van der Waals surface area contributed by atoms with Gasteiger partial charge in [-0.25, -0.2) is 0 Å². The van der Waals surface area contributed by atoms with Gasteiger partial charge in [0.1, 0.15) is 0 Å². The summed E-state index contributed by atoms with van der Waals surface area (Å²) >= 11 is 0. The van der Waals surface area contributed by atoms with Crippen LogP contribution in [0.15, 0.2) is 206 Å². The van der Waals surface area contributed by atoms with Crippen molar-refractivity contribution < 1.29 is 0 Å². The number of nitriles is 2. The number of hydrogen-bond acceptors (Lipinski definition) is 4. The van der Waals surface area contributed by atoms with Gasteiger partial charge < -0.3 is 9.80 Å². The fraction of sp³-hybridized carbons (Fsp3) is 0.108. The Morgan fingerprint density at radius 3 is 1.38 bits per heavy atom. The van der Waals surface area contributed by atoms with E-state index in [4.69, 9.17) is 0 Å². The van der Waals surface area contributed by atoms with Crippen molar-refractivity contribution >= 4 is 55.7 Å². The Labute approximate surface area is 404 Å². The molecule has 1 spiro atoms. The molecule has 69 heavy (non-hydrogen) atoms. The Bertz CT molecular complexity index is 3690. The molecule has 0 amide bonds. The van der Waals surface area contributed by atoms with Gasteiger partial charge in [0.15, 0.2) is 0 Å². The van der Waals surface area contributed by atoms with Gasteiger partial charge in [0.25, 0.3) is 0 Å². The number of benzene rings is 10. The summed E-state index contributed by atoms with van der Waals surface area (Å²) in [6.45, 7) is 8.91. The highest BCUT2D eigenvalue weighted by Crippen LogP contribution is 2.66. The van der Waals surface area contributed by atoms with Crippen LogP contribution in [0.1, 0.15) is 84.0 Å². The first kappa shape index (κ1) is 41.7. The van der Waals surface area contributed by atoms with Crippen LogP contribution in [0, 0.1) is 22.7 Å². The fourth-order valence-corrected chi connectivity index (χ4v) is 11.4. The normalized spacial score (nSPS) is 12.7. The lowest BCUT2D eigenvalue weighted by atomic mass is 9.69. The third-order valence-corrected chi connectivity index (χ3v) is 14.7. The van der Waals surface area contributed by atoms with E-state index in [1.54, 1.807) is 0 Å². The van der Waals surface area contributed by atoms with Crippen molar-refractivity contribution in [3.05, 3.63) is 251 Å². The summed E-state index contributed by atoms with van der Waals surface area (Å²) < 4.78 is 0. The molecule has 0 saturated carbocycles.